The molecule has 2 N–H and O–H groups in total. The van der Waals surface area contributed by atoms with Crippen LogP contribution in [-0.4, -0.2) is 32.3 Å². The molecule has 0 atom stereocenters. The van der Waals surface area contributed by atoms with Gasteiger partial charge in [-0.2, -0.15) is 0 Å². The molecule has 0 aliphatic carbocycles. The van der Waals surface area contributed by atoms with E-state index in [0.29, 0.717) is 26.1 Å². The van der Waals surface area contributed by atoms with Gasteiger partial charge < -0.3 is 0 Å². The molecule has 0 spiro atoms. The Hall–Kier alpha value is -0.648. The molecule has 0 heterocycles. The molecule has 58 valence electrons. The van der Waals surface area contributed by atoms with Crippen molar-refractivity contribution in [3.8, 4) is 0 Å². The summed E-state index contributed by atoms with van der Waals surface area (Å²) in [4.78, 5) is 0. The van der Waals surface area contributed by atoms with Crippen molar-refractivity contribution in [1.29, 1.82) is 5.41 Å². The van der Waals surface area contributed by atoms with Crippen LogP contribution in [0.5, 0.6) is 0 Å². The van der Waals surface area contributed by atoms with E-state index in [9.17, 15) is 0 Å². The fourth-order valence-corrected chi connectivity index (χ4v) is 1.92. The molecule has 0 aromatic heterocycles. The molecule has 0 unspecified atom stereocenters. The van der Waals surface area contributed by atoms with Crippen LogP contribution in [0.25, 0.3) is 6.08 Å². The molecule has 0 aliphatic heterocycles. The molecule has 3 heteroatoms. The van der Waals surface area contributed by atoms with Crippen LogP contribution in [0, 0.1) is 5.41 Å². The minimum atomic E-state index is 0.703. The maximum absolute atomic E-state index is 7.14. The second-order valence-corrected chi connectivity index (χ2v) is 3.46. The molecule has 0 fully saturated rings. The van der Waals surface area contributed by atoms with E-state index in [1.807, 2.05) is 18.2 Å². The van der Waals surface area contributed by atoms with E-state index in [1.54, 1.807) is 6.08 Å². The van der Waals surface area contributed by atoms with Gasteiger partial charge in [-0.1, -0.05) is 0 Å². The predicted octanol–water partition coefficient (Wildman–Crippen LogP) is 1.82. The zero-order chi connectivity index (χ0) is 8.97. The first-order valence-corrected chi connectivity index (χ1v) is 5.80. The molecule has 0 saturated heterocycles. The summed E-state index contributed by atoms with van der Waals surface area (Å²) in [6.45, 7) is 3.69. The second-order valence-electron chi connectivity index (χ2n) is 2.34. The molecule has 0 radical (unpaired) electrons. The maximum atomic E-state index is 7.14. The summed E-state index contributed by atoms with van der Waals surface area (Å²) in [5, 5.41) is 7.14. The Morgan fingerprint density at radius 1 is 1.50 bits per heavy atom. The van der Waals surface area contributed by atoms with E-state index >= 15 is 0 Å². The Bertz CT molecular complexity index is 307. The summed E-state index contributed by atoms with van der Waals surface area (Å²) in [5.74, 6) is 0. The number of hydrogen-bond donors (Lipinski definition) is 2. The topological polar surface area (TPSA) is 35.9 Å². The first-order valence-electron chi connectivity index (χ1n) is 3.55. The Balaban J connectivity index is 3.18. The molecule has 1 aromatic carbocycles. The van der Waals surface area contributed by atoms with Crippen LogP contribution in [0.2, 0.25) is 0 Å². The van der Waals surface area contributed by atoms with Gasteiger partial charge in [-0.15, -0.1) is 0 Å². The number of hydrogen-bond acceptors (Lipinski definition) is 2. The minimum absolute atomic E-state index is 0.703. The predicted molar refractivity (Wildman–Crippen MR) is 53.8 cm³/mol. The molecule has 0 amide bonds. The zero-order valence-corrected chi connectivity index (χ0v) is 11.2. The third-order valence-electron chi connectivity index (χ3n) is 1.62. The van der Waals surface area contributed by atoms with Gasteiger partial charge in [-0.05, 0) is 0 Å². The van der Waals surface area contributed by atoms with Crippen LogP contribution in [0.15, 0.2) is 24.8 Å². The third-order valence-corrected chi connectivity index (χ3v) is 2.83. The Kier molecular flexibility index (Phi) is 3.46. The molecular weight excluding hydrogens is 340 g/mol. The van der Waals surface area contributed by atoms with Gasteiger partial charge in [0.1, 0.15) is 0 Å². The molecule has 1 rings (SSSR count). The van der Waals surface area contributed by atoms with Gasteiger partial charge in [-0.25, -0.2) is 0 Å². The number of benzene rings is 1. The average Bonchev–Trinajstić information content (AvgIpc) is 2.16. The van der Waals surface area contributed by atoms with E-state index in [4.69, 9.17) is 5.41 Å². The quantitative estimate of drug-likeness (QED) is 0.634. The van der Waals surface area contributed by atoms with Crippen molar-refractivity contribution in [2.75, 3.05) is 3.13 Å². The van der Waals surface area contributed by atoms with Crippen LogP contribution in [0.4, 0.5) is 5.69 Å². The van der Waals surface area contributed by atoms with Crippen LogP contribution >= 0.6 is 0 Å². The van der Waals surface area contributed by atoms with Crippen molar-refractivity contribution in [2.24, 2.45) is 0 Å². The van der Waals surface area contributed by atoms with Crippen molar-refractivity contribution in [2.45, 2.75) is 0 Å². The first kappa shape index (κ1) is 9.44. The average molecular weight is 350 g/mol. The summed E-state index contributed by atoms with van der Waals surface area (Å²) in [6.07, 6.45) is 3.16. The SMILES string of the molecule is C=Cc1ccc(C=N)c([NH][Tl])c1. The van der Waals surface area contributed by atoms with Gasteiger partial charge in [0.15, 0.2) is 0 Å². The van der Waals surface area contributed by atoms with E-state index in [-0.39, 0.29) is 0 Å². The monoisotopic (exact) mass is 350 g/mol. The van der Waals surface area contributed by atoms with Crippen molar-refractivity contribution in [3.63, 3.8) is 0 Å². The van der Waals surface area contributed by atoms with Crippen molar-refractivity contribution < 1.29 is 0 Å². The fraction of sp³-hybridized carbons (Fsp3) is 0. The van der Waals surface area contributed by atoms with Gasteiger partial charge >= 0.3 is 88.5 Å². The number of rotatable bonds is 3. The van der Waals surface area contributed by atoms with Crippen LogP contribution in [0.1, 0.15) is 11.1 Å². The van der Waals surface area contributed by atoms with Crippen LogP contribution in [-0.2, 0) is 0 Å². The normalized spacial score (nSPS) is 8.92. The van der Waals surface area contributed by atoms with Crippen molar-refractivity contribution in [3.05, 3.63) is 35.9 Å². The van der Waals surface area contributed by atoms with Gasteiger partial charge in [0.05, 0.1) is 0 Å². The zero-order valence-electron chi connectivity index (χ0n) is 6.67. The summed E-state index contributed by atoms with van der Waals surface area (Å²) in [6, 6.07) is 5.89. The van der Waals surface area contributed by atoms with Crippen LogP contribution < -0.4 is 3.13 Å². The summed E-state index contributed by atoms with van der Waals surface area (Å²) >= 11 is 0.703. The van der Waals surface area contributed by atoms with E-state index in [1.165, 1.54) is 6.21 Å². The fourth-order valence-electron chi connectivity index (χ4n) is 0.952. The molecule has 12 heavy (non-hydrogen) atoms. The van der Waals surface area contributed by atoms with Gasteiger partial charge in [0, 0.05) is 0 Å². The summed E-state index contributed by atoms with van der Waals surface area (Å²) in [5.41, 5.74) is 3.05. The van der Waals surface area contributed by atoms with E-state index in [2.05, 4.69) is 9.71 Å². The molecule has 0 bridgehead atoms. The van der Waals surface area contributed by atoms with Gasteiger partial charge in [-0.3, -0.25) is 0 Å². The number of anilines is 1. The molecule has 0 saturated carbocycles. The number of nitrogens with one attached hydrogen (secondary N) is 2. The molecular formula is C9H9N2Tl. The van der Waals surface area contributed by atoms with Crippen molar-refractivity contribution in [1.82, 2.24) is 0 Å². The Morgan fingerprint density at radius 2 is 2.25 bits per heavy atom. The van der Waals surface area contributed by atoms with E-state index in [0.717, 1.165) is 16.8 Å². The molecule has 2 nitrogen and oxygen atoms in total. The summed E-state index contributed by atoms with van der Waals surface area (Å²) < 4.78 is 3.19. The van der Waals surface area contributed by atoms with Gasteiger partial charge in [0.2, 0.25) is 0 Å². The standard InChI is InChI=1S/C9H9N2.Tl/c1-2-7-3-4-8(6-10)9(11)5-7;/h2-6,10-11H,1H2;/q-1;+1. The van der Waals surface area contributed by atoms with E-state index < -0.39 is 0 Å². The first-order chi connectivity index (χ1) is 5.81. The van der Waals surface area contributed by atoms with Crippen LogP contribution in [0.3, 0.4) is 0 Å². The third kappa shape index (κ3) is 1.94. The van der Waals surface area contributed by atoms with Crippen molar-refractivity contribution >= 4 is 44.0 Å². The molecule has 1 aromatic rings. The second kappa shape index (κ2) is 4.40. The molecule has 0 aliphatic rings. The van der Waals surface area contributed by atoms with Gasteiger partial charge in [0.25, 0.3) is 0 Å². The summed E-state index contributed by atoms with van der Waals surface area (Å²) in [7, 11) is 0. The Morgan fingerprint density at radius 3 is 2.75 bits per heavy atom. The Labute approximate surface area is 88.3 Å².